The lowest BCUT2D eigenvalue weighted by molar-refractivity contribution is -0.115. The summed E-state index contributed by atoms with van der Waals surface area (Å²) < 4.78 is 5.48. The van der Waals surface area contributed by atoms with E-state index in [0.29, 0.717) is 22.8 Å². The molecular weight excluding hydrogens is 396 g/mol. The molecule has 1 heterocycles. The number of ether oxygens (including phenoxy) is 1. The summed E-state index contributed by atoms with van der Waals surface area (Å²) in [6.07, 6.45) is 0. The molecule has 0 spiro atoms. The lowest BCUT2D eigenvalue weighted by Crippen LogP contribution is -2.29. The molecule has 1 fully saturated rings. The summed E-state index contributed by atoms with van der Waals surface area (Å²) >= 11 is 1.53. The first-order chi connectivity index (χ1) is 14.6. The van der Waals surface area contributed by atoms with E-state index in [1.54, 1.807) is 12.0 Å². The summed E-state index contributed by atoms with van der Waals surface area (Å²) in [6, 6.07) is 22.5. The number of methoxy groups -OCH3 is 1. The van der Waals surface area contributed by atoms with Crippen molar-refractivity contribution >= 4 is 35.0 Å². The van der Waals surface area contributed by atoms with Gasteiger partial charge < -0.3 is 10.1 Å². The van der Waals surface area contributed by atoms with E-state index in [1.165, 1.54) is 11.8 Å². The molecule has 0 aromatic heterocycles. The van der Waals surface area contributed by atoms with E-state index in [9.17, 15) is 9.59 Å². The Morgan fingerprint density at radius 2 is 1.73 bits per heavy atom. The molecule has 0 bridgehead atoms. The Balaban J connectivity index is 1.68. The maximum absolute atomic E-state index is 12.8. The number of amides is 2. The van der Waals surface area contributed by atoms with E-state index in [2.05, 4.69) is 5.32 Å². The van der Waals surface area contributed by atoms with Gasteiger partial charge in [0.1, 0.15) is 11.1 Å². The summed E-state index contributed by atoms with van der Waals surface area (Å²) in [5, 5.41) is 2.76. The maximum Gasteiger partial charge on any atom is 0.255 e. The molecule has 0 unspecified atom stereocenters. The highest BCUT2D eigenvalue weighted by Gasteiger charge is 2.36. The van der Waals surface area contributed by atoms with Gasteiger partial charge in [-0.2, -0.15) is 0 Å². The highest BCUT2D eigenvalue weighted by Crippen LogP contribution is 2.46. The predicted octanol–water partition coefficient (Wildman–Crippen LogP) is 5.03. The lowest BCUT2D eigenvalue weighted by Gasteiger charge is -2.27. The van der Waals surface area contributed by atoms with Crippen LogP contribution in [0.25, 0.3) is 0 Å². The van der Waals surface area contributed by atoms with Gasteiger partial charge in [0.15, 0.2) is 0 Å². The Morgan fingerprint density at radius 3 is 2.50 bits per heavy atom. The maximum atomic E-state index is 12.8. The van der Waals surface area contributed by atoms with Crippen LogP contribution < -0.4 is 15.0 Å². The molecule has 5 nitrogen and oxygen atoms in total. The van der Waals surface area contributed by atoms with Crippen molar-refractivity contribution in [3.63, 3.8) is 0 Å². The Kier molecular flexibility index (Phi) is 5.77. The smallest absolute Gasteiger partial charge is 0.255 e. The molecule has 0 saturated carbocycles. The van der Waals surface area contributed by atoms with E-state index in [1.807, 2.05) is 79.7 Å². The van der Waals surface area contributed by atoms with Crippen LogP contribution in [0.3, 0.4) is 0 Å². The van der Waals surface area contributed by atoms with Crippen LogP contribution in [0, 0.1) is 6.92 Å². The van der Waals surface area contributed by atoms with Gasteiger partial charge in [-0.1, -0.05) is 48.0 Å². The average molecular weight is 419 g/mol. The quantitative estimate of drug-likeness (QED) is 0.631. The zero-order chi connectivity index (χ0) is 21.1. The van der Waals surface area contributed by atoms with Crippen molar-refractivity contribution in [2.75, 3.05) is 23.1 Å². The minimum Gasteiger partial charge on any atom is -0.495 e. The molecule has 4 rings (SSSR count). The van der Waals surface area contributed by atoms with Crippen LogP contribution in [-0.4, -0.2) is 24.7 Å². The topological polar surface area (TPSA) is 58.6 Å². The van der Waals surface area contributed by atoms with Gasteiger partial charge in [0, 0.05) is 16.8 Å². The second-order valence-electron chi connectivity index (χ2n) is 7.01. The second-order valence-corrected chi connectivity index (χ2v) is 8.07. The van der Waals surface area contributed by atoms with Gasteiger partial charge in [-0.25, -0.2) is 0 Å². The fraction of sp³-hybridized carbons (Fsp3) is 0.167. The second kappa shape index (κ2) is 8.63. The van der Waals surface area contributed by atoms with Crippen LogP contribution in [0.2, 0.25) is 0 Å². The van der Waals surface area contributed by atoms with Crippen LogP contribution in [0.15, 0.2) is 72.8 Å². The molecule has 1 atom stereocenters. The van der Waals surface area contributed by atoms with E-state index in [-0.39, 0.29) is 17.2 Å². The molecule has 152 valence electrons. The van der Waals surface area contributed by atoms with Gasteiger partial charge in [-0.05, 0) is 37.3 Å². The summed E-state index contributed by atoms with van der Waals surface area (Å²) in [7, 11) is 1.59. The average Bonchev–Trinajstić information content (AvgIpc) is 3.15. The SMILES string of the molecule is COc1ccccc1N1C(=O)CS[C@@H]1c1ccccc1NC(=O)c1ccc(C)cc1. The van der Waals surface area contributed by atoms with Gasteiger partial charge >= 0.3 is 0 Å². The van der Waals surface area contributed by atoms with Crippen LogP contribution >= 0.6 is 11.8 Å². The van der Waals surface area contributed by atoms with Gasteiger partial charge in [-0.15, -0.1) is 11.8 Å². The number of carbonyl (C=O) groups is 2. The number of rotatable bonds is 5. The number of para-hydroxylation sites is 3. The van der Waals surface area contributed by atoms with Crippen molar-refractivity contribution in [3.05, 3.63) is 89.5 Å². The normalized spacial score (nSPS) is 15.9. The molecule has 30 heavy (non-hydrogen) atoms. The molecule has 1 saturated heterocycles. The Labute approximate surface area is 180 Å². The van der Waals surface area contributed by atoms with Crippen molar-refractivity contribution in [1.29, 1.82) is 0 Å². The largest absolute Gasteiger partial charge is 0.495 e. The zero-order valence-electron chi connectivity index (χ0n) is 16.8. The minimum absolute atomic E-state index is 0.00849. The van der Waals surface area contributed by atoms with Crippen LogP contribution in [0.5, 0.6) is 5.75 Å². The zero-order valence-corrected chi connectivity index (χ0v) is 17.6. The third kappa shape index (κ3) is 3.91. The van der Waals surface area contributed by atoms with Crippen molar-refractivity contribution in [2.45, 2.75) is 12.3 Å². The highest BCUT2D eigenvalue weighted by molar-refractivity contribution is 8.00. The first-order valence-electron chi connectivity index (χ1n) is 9.62. The van der Waals surface area contributed by atoms with Crippen LogP contribution in [0.1, 0.15) is 26.9 Å². The Morgan fingerprint density at radius 1 is 1.03 bits per heavy atom. The standard InChI is InChI=1S/C24H22N2O3S/c1-16-11-13-17(14-12-16)23(28)25-19-8-4-3-7-18(19)24-26(22(27)15-30-24)20-9-5-6-10-21(20)29-2/h3-14,24H,15H2,1-2H3,(H,25,28)/t24-/m1/s1. The summed E-state index contributed by atoms with van der Waals surface area (Å²) in [5.74, 6) is 0.831. The molecule has 3 aromatic carbocycles. The van der Waals surface area contributed by atoms with E-state index < -0.39 is 0 Å². The summed E-state index contributed by atoms with van der Waals surface area (Å²) in [6.45, 7) is 1.98. The Hall–Kier alpha value is -3.25. The third-order valence-corrected chi connectivity index (χ3v) is 6.20. The van der Waals surface area contributed by atoms with Crippen molar-refractivity contribution in [3.8, 4) is 5.75 Å². The van der Waals surface area contributed by atoms with Gasteiger partial charge in [0.25, 0.3) is 5.91 Å². The van der Waals surface area contributed by atoms with Gasteiger partial charge in [-0.3, -0.25) is 14.5 Å². The predicted molar refractivity (Wildman–Crippen MR) is 121 cm³/mol. The molecule has 0 aliphatic carbocycles. The molecule has 6 heteroatoms. The molecule has 1 N–H and O–H groups in total. The molecule has 1 aliphatic heterocycles. The van der Waals surface area contributed by atoms with Crippen molar-refractivity contribution in [1.82, 2.24) is 0 Å². The number of nitrogens with one attached hydrogen (secondary N) is 1. The van der Waals surface area contributed by atoms with Gasteiger partial charge in [0.2, 0.25) is 5.91 Å². The van der Waals surface area contributed by atoms with Crippen LogP contribution in [0.4, 0.5) is 11.4 Å². The summed E-state index contributed by atoms with van der Waals surface area (Å²) in [4.78, 5) is 27.3. The van der Waals surface area contributed by atoms with Crippen molar-refractivity contribution < 1.29 is 14.3 Å². The molecule has 2 amide bonds. The number of aryl methyl sites for hydroxylation is 1. The number of thioether (sulfide) groups is 1. The van der Waals surface area contributed by atoms with E-state index in [0.717, 1.165) is 16.8 Å². The number of anilines is 2. The third-order valence-electron chi connectivity index (χ3n) is 5.00. The number of hydrogen-bond acceptors (Lipinski definition) is 4. The molecular formula is C24H22N2O3S. The minimum atomic E-state index is -0.261. The number of nitrogens with zero attached hydrogens (tertiary/aromatic N) is 1. The highest BCUT2D eigenvalue weighted by atomic mass is 32.2. The van der Waals surface area contributed by atoms with E-state index >= 15 is 0 Å². The monoisotopic (exact) mass is 418 g/mol. The molecule has 0 radical (unpaired) electrons. The molecule has 1 aliphatic rings. The van der Waals surface area contributed by atoms with E-state index in [4.69, 9.17) is 4.74 Å². The fourth-order valence-corrected chi connectivity index (χ4v) is 4.67. The fourth-order valence-electron chi connectivity index (χ4n) is 3.47. The summed E-state index contributed by atoms with van der Waals surface area (Å²) in [5.41, 5.74) is 3.97. The first-order valence-corrected chi connectivity index (χ1v) is 10.7. The Bertz CT molecular complexity index is 1080. The number of benzene rings is 3. The first kappa shape index (κ1) is 20.0. The van der Waals surface area contributed by atoms with Gasteiger partial charge in [0.05, 0.1) is 18.6 Å². The van der Waals surface area contributed by atoms with Crippen LogP contribution in [-0.2, 0) is 4.79 Å². The number of carbonyl (C=O) groups excluding carboxylic acids is 2. The lowest BCUT2D eigenvalue weighted by atomic mass is 10.1. The molecule has 3 aromatic rings. The number of hydrogen-bond donors (Lipinski definition) is 1. The van der Waals surface area contributed by atoms with Crippen molar-refractivity contribution in [2.24, 2.45) is 0 Å².